The van der Waals surface area contributed by atoms with Crippen LogP contribution in [0.25, 0.3) is 0 Å². The topological polar surface area (TPSA) is 48.0 Å². The molecule has 158 valence electrons. The number of hydrogen-bond acceptors (Lipinski definition) is 5. The molecule has 2 aromatic carbocycles. The van der Waals surface area contributed by atoms with Crippen molar-refractivity contribution in [3.8, 4) is 5.75 Å². The molecule has 2 aromatic rings. The van der Waals surface area contributed by atoms with E-state index in [4.69, 9.17) is 9.47 Å². The van der Waals surface area contributed by atoms with Crippen LogP contribution < -0.4 is 4.74 Å². The molecule has 2 aliphatic heterocycles. The predicted molar refractivity (Wildman–Crippen MR) is 104 cm³/mol. The lowest BCUT2D eigenvalue weighted by molar-refractivity contribution is -0.274. The van der Waals surface area contributed by atoms with Crippen LogP contribution in [0.15, 0.2) is 66.6 Å². The number of alkyl halides is 3. The highest BCUT2D eigenvalue weighted by molar-refractivity contribution is 8.01. The number of ether oxygens (including phenoxy) is 3. The smallest absolute Gasteiger partial charge is 0.459 e. The van der Waals surface area contributed by atoms with Gasteiger partial charge in [0.15, 0.2) is 5.76 Å². The minimum Gasteiger partial charge on any atom is -0.459 e. The Kier molecular flexibility index (Phi) is 5.80. The maximum atomic E-state index is 12.4. The molecule has 1 fully saturated rings. The lowest BCUT2D eigenvalue weighted by atomic mass is 10.1. The molecule has 0 N–H and O–H groups in total. The molecule has 0 radical (unpaired) electrons. The van der Waals surface area contributed by atoms with Crippen LogP contribution >= 0.6 is 11.8 Å². The Balaban J connectivity index is 1.38. The van der Waals surface area contributed by atoms with Crippen LogP contribution in [0.4, 0.5) is 13.2 Å². The highest BCUT2D eigenvalue weighted by Gasteiger charge is 2.38. The Bertz CT molecular complexity index is 918. The molecule has 2 aliphatic rings. The van der Waals surface area contributed by atoms with Crippen molar-refractivity contribution in [3.05, 3.63) is 77.7 Å². The summed E-state index contributed by atoms with van der Waals surface area (Å²) < 4.78 is 52.3. The van der Waals surface area contributed by atoms with E-state index in [1.165, 1.54) is 42.3 Å². The normalized spacial score (nSPS) is 21.2. The molecule has 5 nitrogen and oxygen atoms in total. The molecular formula is C21H18F3NO4S. The maximum absolute atomic E-state index is 12.4. The van der Waals surface area contributed by atoms with Crippen LogP contribution in [-0.4, -0.2) is 34.6 Å². The van der Waals surface area contributed by atoms with E-state index in [1.54, 1.807) is 4.90 Å². The standard InChI is InChI=1S/C21H18F3NO4S/c22-21(23,24)29-16-8-6-15(7-9-16)11-25-18(26)13-30-20(25)17-12-27-19(28-17)10-14-4-2-1-3-5-14/h1-9,12,19-20H,10-11,13H2. The number of rotatable bonds is 6. The second kappa shape index (κ2) is 8.51. The largest absolute Gasteiger partial charge is 0.573 e. The summed E-state index contributed by atoms with van der Waals surface area (Å²) in [6.07, 6.45) is -3.08. The molecule has 1 saturated heterocycles. The fraction of sp³-hybridized carbons (Fsp3) is 0.286. The van der Waals surface area contributed by atoms with Crippen molar-refractivity contribution in [3.63, 3.8) is 0 Å². The van der Waals surface area contributed by atoms with Gasteiger partial charge in [0.05, 0.1) is 5.75 Å². The lowest BCUT2D eigenvalue weighted by Gasteiger charge is -2.24. The molecule has 2 unspecified atom stereocenters. The third kappa shape index (κ3) is 5.02. The molecular weight excluding hydrogens is 419 g/mol. The number of thioether (sulfide) groups is 1. The summed E-state index contributed by atoms with van der Waals surface area (Å²) in [7, 11) is 0. The van der Waals surface area contributed by atoms with Gasteiger partial charge in [-0.05, 0) is 23.3 Å². The van der Waals surface area contributed by atoms with Gasteiger partial charge in [0.1, 0.15) is 17.4 Å². The molecule has 0 aliphatic carbocycles. The maximum Gasteiger partial charge on any atom is 0.573 e. The first-order valence-electron chi connectivity index (χ1n) is 9.19. The van der Waals surface area contributed by atoms with Crippen LogP contribution in [0.1, 0.15) is 11.1 Å². The zero-order valence-corrected chi connectivity index (χ0v) is 16.5. The van der Waals surface area contributed by atoms with Crippen molar-refractivity contribution >= 4 is 17.7 Å². The molecule has 1 amide bonds. The minimum atomic E-state index is -4.74. The van der Waals surface area contributed by atoms with Crippen LogP contribution in [0.5, 0.6) is 5.75 Å². The Morgan fingerprint density at radius 1 is 1.07 bits per heavy atom. The van der Waals surface area contributed by atoms with E-state index in [0.29, 0.717) is 23.5 Å². The van der Waals surface area contributed by atoms with Crippen molar-refractivity contribution in [2.75, 3.05) is 5.75 Å². The van der Waals surface area contributed by atoms with E-state index in [0.717, 1.165) is 5.56 Å². The van der Waals surface area contributed by atoms with Gasteiger partial charge in [-0.25, -0.2) is 0 Å². The van der Waals surface area contributed by atoms with Crippen molar-refractivity contribution in [2.45, 2.75) is 31.0 Å². The van der Waals surface area contributed by atoms with Crippen LogP contribution in [-0.2, 0) is 27.2 Å². The second-order valence-electron chi connectivity index (χ2n) is 6.77. The van der Waals surface area contributed by atoms with Gasteiger partial charge in [-0.1, -0.05) is 42.5 Å². The van der Waals surface area contributed by atoms with E-state index < -0.39 is 12.7 Å². The van der Waals surface area contributed by atoms with E-state index in [-0.39, 0.29) is 23.6 Å². The molecule has 2 atom stereocenters. The molecule has 9 heteroatoms. The van der Waals surface area contributed by atoms with Gasteiger partial charge in [0, 0.05) is 13.0 Å². The summed E-state index contributed by atoms with van der Waals surface area (Å²) >= 11 is 1.42. The highest BCUT2D eigenvalue weighted by Crippen LogP contribution is 2.36. The Morgan fingerprint density at radius 3 is 2.50 bits per heavy atom. The van der Waals surface area contributed by atoms with Crippen molar-refractivity contribution in [2.24, 2.45) is 0 Å². The first kappa shape index (κ1) is 20.5. The number of benzene rings is 2. The van der Waals surface area contributed by atoms with Gasteiger partial charge in [-0.2, -0.15) is 0 Å². The predicted octanol–water partition coefficient (Wildman–Crippen LogP) is 4.44. The molecule has 30 heavy (non-hydrogen) atoms. The summed E-state index contributed by atoms with van der Waals surface area (Å²) in [4.78, 5) is 14.0. The number of carbonyl (C=O) groups excluding carboxylic acids is 1. The monoisotopic (exact) mass is 437 g/mol. The van der Waals surface area contributed by atoms with Gasteiger partial charge in [-0.15, -0.1) is 24.9 Å². The summed E-state index contributed by atoms with van der Waals surface area (Å²) in [6, 6.07) is 15.3. The number of amides is 1. The van der Waals surface area contributed by atoms with Gasteiger partial charge in [-0.3, -0.25) is 4.79 Å². The minimum absolute atomic E-state index is 0.0726. The van der Waals surface area contributed by atoms with Gasteiger partial charge >= 0.3 is 6.36 Å². The molecule has 4 rings (SSSR count). The third-order valence-corrected chi connectivity index (χ3v) is 5.79. The molecule has 2 heterocycles. The van der Waals surface area contributed by atoms with Crippen molar-refractivity contribution < 1.29 is 32.2 Å². The third-order valence-electron chi connectivity index (χ3n) is 4.57. The highest BCUT2D eigenvalue weighted by atomic mass is 32.2. The van der Waals surface area contributed by atoms with Crippen molar-refractivity contribution in [1.29, 1.82) is 0 Å². The summed E-state index contributed by atoms with van der Waals surface area (Å²) in [5.41, 5.74) is 1.76. The van der Waals surface area contributed by atoms with Gasteiger partial charge in [0.25, 0.3) is 0 Å². The first-order valence-corrected chi connectivity index (χ1v) is 10.2. The second-order valence-corrected chi connectivity index (χ2v) is 7.84. The number of halogens is 3. The molecule has 0 bridgehead atoms. The van der Waals surface area contributed by atoms with E-state index in [9.17, 15) is 18.0 Å². The average Bonchev–Trinajstić information content (AvgIpc) is 3.30. The molecule has 0 aromatic heterocycles. The zero-order valence-electron chi connectivity index (χ0n) is 15.7. The van der Waals surface area contributed by atoms with Crippen molar-refractivity contribution in [1.82, 2.24) is 4.90 Å². The zero-order chi connectivity index (χ0) is 21.1. The van der Waals surface area contributed by atoms with Crippen LogP contribution in [0.3, 0.4) is 0 Å². The Morgan fingerprint density at radius 2 is 1.80 bits per heavy atom. The van der Waals surface area contributed by atoms with Gasteiger partial charge in [0.2, 0.25) is 12.2 Å². The summed E-state index contributed by atoms with van der Waals surface area (Å²) in [5, 5.41) is -0.343. The number of carbonyl (C=O) groups is 1. The van der Waals surface area contributed by atoms with E-state index in [2.05, 4.69) is 4.74 Å². The Labute approximate surface area is 175 Å². The first-order chi connectivity index (χ1) is 14.4. The molecule has 0 spiro atoms. The summed E-state index contributed by atoms with van der Waals surface area (Å²) in [5.74, 6) is 0.480. The molecule has 0 saturated carbocycles. The van der Waals surface area contributed by atoms with E-state index in [1.807, 2.05) is 30.3 Å². The fourth-order valence-corrected chi connectivity index (χ4v) is 4.33. The lowest BCUT2D eigenvalue weighted by Crippen LogP contribution is -2.34. The number of hydrogen-bond donors (Lipinski definition) is 0. The number of nitrogens with zero attached hydrogens (tertiary/aromatic N) is 1. The van der Waals surface area contributed by atoms with Crippen LogP contribution in [0, 0.1) is 0 Å². The quantitative estimate of drug-likeness (QED) is 0.669. The SMILES string of the molecule is O=C1CSC(C2=COC(Cc3ccccc3)O2)N1Cc1ccc(OC(F)(F)F)cc1. The average molecular weight is 437 g/mol. The summed E-state index contributed by atoms with van der Waals surface area (Å²) in [6.45, 7) is 0.243. The Hall–Kier alpha value is -2.81. The fourth-order valence-electron chi connectivity index (χ4n) is 3.22. The van der Waals surface area contributed by atoms with E-state index >= 15 is 0 Å². The van der Waals surface area contributed by atoms with Gasteiger partial charge < -0.3 is 19.1 Å². The van der Waals surface area contributed by atoms with Crippen LogP contribution in [0.2, 0.25) is 0 Å².